The number of hydrogen-bond donors (Lipinski definition) is 3. The first-order valence-corrected chi connectivity index (χ1v) is 8.36. The lowest BCUT2D eigenvalue weighted by Gasteiger charge is -2.30. The minimum absolute atomic E-state index is 0.0466. The molecule has 0 spiro atoms. The van der Waals surface area contributed by atoms with Crippen LogP contribution in [0.3, 0.4) is 0 Å². The van der Waals surface area contributed by atoms with Crippen LogP contribution in [0, 0.1) is 4.91 Å². The van der Waals surface area contributed by atoms with E-state index in [1.165, 1.54) is 0 Å². The number of anilines is 3. The highest BCUT2D eigenvalue weighted by Gasteiger charge is 2.20. The Morgan fingerprint density at radius 1 is 1.08 bits per heavy atom. The molecule has 2 heterocycles. The number of nitrogens with zero attached hydrogens (tertiary/aromatic N) is 3. The number of nitrogens with two attached hydrogens (primary N) is 2. The number of imidazole rings is 1. The molecule has 0 radical (unpaired) electrons. The summed E-state index contributed by atoms with van der Waals surface area (Å²) < 4.78 is 0. The van der Waals surface area contributed by atoms with E-state index in [9.17, 15) is 4.91 Å². The number of fused-ring (bicyclic) bond motifs is 1. The van der Waals surface area contributed by atoms with Crippen molar-refractivity contribution in [2.75, 3.05) is 29.5 Å². The van der Waals surface area contributed by atoms with Crippen molar-refractivity contribution in [2.45, 2.75) is 18.9 Å². The zero-order valence-corrected chi connectivity index (χ0v) is 13.8. The number of aromatic amines is 1. The van der Waals surface area contributed by atoms with Gasteiger partial charge in [0.2, 0.25) is 0 Å². The molecule has 25 heavy (non-hydrogen) atoms. The van der Waals surface area contributed by atoms with Crippen LogP contribution in [-0.4, -0.2) is 29.1 Å². The smallest absolute Gasteiger partial charge is 0.138 e. The lowest BCUT2D eigenvalue weighted by molar-refractivity contribution is 0.501. The molecule has 0 aliphatic carbocycles. The standard InChI is InChI=1S/C18H20N6O/c19-14-3-1-11(9-15(14)20)18-21-16-4-2-13(10-17(16)22-18)24-7-5-12(23-25)6-8-24/h1-4,9-10,12H,5-8,19-20H2,(H,21,22). The van der Waals surface area contributed by atoms with Gasteiger partial charge in [0.15, 0.2) is 0 Å². The summed E-state index contributed by atoms with van der Waals surface area (Å²) in [5.41, 5.74) is 16.7. The fourth-order valence-electron chi connectivity index (χ4n) is 3.28. The van der Waals surface area contributed by atoms with Crippen molar-refractivity contribution in [3.05, 3.63) is 41.3 Å². The average Bonchev–Trinajstić information content (AvgIpc) is 3.07. The third kappa shape index (κ3) is 2.88. The van der Waals surface area contributed by atoms with Crippen LogP contribution in [0.4, 0.5) is 17.1 Å². The van der Waals surface area contributed by atoms with E-state index in [1.807, 2.05) is 18.2 Å². The van der Waals surface area contributed by atoms with Gasteiger partial charge in [-0.25, -0.2) is 4.98 Å². The van der Waals surface area contributed by atoms with E-state index in [4.69, 9.17) is 11.5 Å². The minimum Gasteiger partial charge on any atom is -0.397 e. The van der Waals surface area contributed by atoms with E-state index < -0.39 is 0 Å². The second kappa shape index (κ2) is 6.08. The molecule has 0 atom stereocenters. The highest BCUT2D eigenvalue weighted by atomic mass is 16.3. The SMILES string of the molecule is Nc1ccc(-c2nc3ccc(N4CCC(N=O)CC4)cc3[nH]2)cc1N. The second-order valence-electron chi connectivity index (χ2n) is 6.45. The van der Waals surface area contributed by atoms with Gasteiger partial charge in [0.05, 0.1) is 28.5 Å². The normalized spacial score (nSPS) is 15.6. The first-order chi connectivity index (χ1) is 12.1. The molecule has 2 aromatic carbocycles. The van der Waals surface area contributed by atoms with Gasteiger partial charge in [-0.15, -0.1) is 0 Å². The fraction of sp³-hybridized carbons (Fsp3) is 0.278. The molecule has 128 valence electrons. The predicted octanol–water partition coefficient (Wildman–Crippen LogP) is 3.13. The number of nitrogen functional groups attached to an aromatic ring is 2. The minimum atomic E-state index is -0.0466. The Morgan fingerprint density at radius 3 is 2.60 bits per heavy atom. The third-order valence-corrected chi connectivity index (χ3v) is 4.80. The van der Waals surface area contributed by atoms with Crippen LogP contribution in [0.25, 0.3) is 22.4 Å². The summed E-state index contributed by atoms with van der Waals surface area (Å²) in [6.45, 7) is 1.69. The van der Waals surface area contributed by atoms with Gasteiger partial charge in [0.25, 0.3) is 0 Å². The molecular weight excluding hydrogens is 316 g/mol. The van der Waals surface area contributed by atoms with Crippen LogP contribution in [0.5, 0.6) is 0 Å². The van der Waals surface area contributed by atoms with Gasteiger partial charge in [0, 0.05) is 24.3 Å². The van der Waals surface area contributed by atoms with Gasteiger partial charge in [-0.2, -0.15) is 4.91 Å². The first-order valence-electron chi connectivity index (χ1n) is 8.36. The van der Waals surface area contributed by atoms with Crippen LogP contribution in [0.2, 0.25) is 0 Å². The van der Waals surface area contributed by atoms with Gasteiger partial charge in [-0.05, 0) is 49.2 Å². The topological polar surface area (TPSA) is 113 Å². The monoisotopic (exact) mass is 336 g/mol. The first kappa shape index (κ1) is 15.4. The zero-order valence-electron chi connectivity index (χ0n) is 13.8. The highest BCUT2D eigenvalue weighted by molar-refractivity contribution is 5.84. The summed E-state index contributed by atoms with van der Waals surface area (Å²) in [6, 6.07) is 11.6. The lowest BCUT2D eigenvalue weighted by atomic mass is 10.1. The van der Waals surface area contributed by atoms with E-state index in [0.717, 1.165) is 54.0 Å². The van der Waals surface area contributed by atoms with Crippen molar-refractivity contribution in [2.24, 2.45) is 5.18 Å². The molecule has 1 aliphatic rings. The van der Waals surface area contributed by atoms with Crippen molar-refractivity contribution in [1.29, 1.82) is 0 Å². The molecule has 7 heteroatoms. The molecular formula is C18H20N6O. The van der Waals surface area contributed by atoms with Crippen LogP contribution in [-0.2, 0) is 0 Å². The van der Waals surface area contributed by atoms with Gasteiger partial charge >= 0.3 is 0 Å². The summed E-state index contributed by atoms with van der Waals surface area (Å²) in [7, 11) is 0. The summed E-state index contributed by atoms with van der Waals surface area (Å²) in [5.74, 6) is 0.766. The molecule has 7 nitrogen and oxygen atoms in total. The number of rotatable bonds is 3. The molecule has 1 fully saturated rings. The molecule has 0 unspecified atom stereocenters. The average molecular weight is 336 g/mol. The van der Waals surface area contributed by atoms with E-state index in [-0.39, 0.29) is 6.04 Å². The summed E-state index contributed by atoms with van der Waals surface area (Å²) >= 11 is 0. The van der Waals surface area contributed by atoms with Crippen molar-refractivity contribution in [1.82, 2.24) is 9.97 Å². The highest BCUT2D eigenvalue weighted by Crippen LogP contribution is 2.28. The molecule has 1 saturated heterocycles. The van der Waals surface area contributed by atoms with Crippen LogP contribution < -0.4 is 16.4 Å². The Morgan fingerprint density at radius 2 is 1.88 bits per heavy atom. The number of H-pyrrole nitrogens is 1. The number of piperidine rings is 1. The van der Waals surface area contributed by atoms with Crippen LogP contribution >= 0.6 is 0 Å². The van der Waals surface area contributed by atoms with E-state index in [1.54, 1.807) is 6.07 Å². The Bertz CT molecular complexity index is 926. The number of nitrogens with one attached hydrogen (secondary N) is 1. The van der Waals surface area contributed by atoms with Crippen molar-refractivity contribution >= 4 is 28.1 Å². The van der Waals surface area contributed by atoms with Crippen LogP contribution in [0.15, 0.2) is 41.6 Å². The largest absolute Gasteiger partial charge is 0.397 e. The zero-order chi connectivity index (χ0) is 17.4. The van der Waals surface area contributed by atoms with Gasteiger partial charge in [-0.1, -0.05) is 5.18 Å². The Balaban J connectivity index is 1.63. The van der Waals surface area contributed by atoms with Crippen molar-refractivity contribution in [3.63, 3.8) is 0 Å². The number of nitroso groups, excluding NO2 is 1. The third-order valence-electron chi connectivity index (χ3n) is 4.80. The fourth-order valence-corrected chi connectivity index (χ4v) is 3.28. The van der Waals surface area contributed by atoms with E-state index in [0.29, 0.717) is 11.4 Å². The molecule has 0 bridgehead atoms. The number of benzene rings is 2. The second-order valence-corrected chi connectivity index (χ2v) is 6.45. The van der Waals surface area contributed by atoms with E-state index in [2.05, 4.69) is 32.2 Å². The van der Waals surface area contributed by atoms with Gasteiger partial charge < -0.3 is 21.4 Å². The van der Waals surface area contributed by atoms with Crippen molar-refractivity contribution < 1.29 is 0 Å². The maximum atomic E-state index is 10.7. The van der Waals surface area contributed by atoms with Crippen LogP contribution in [0.1, 0.15) is 12.8 Å². The quantitative estimate of drug-likeness (QED) is 0.502. The maximum Gasteiger partial charge on any atom is 0.138 e. The molecule has 4 rings (SSSR count). The number of hydrogen-bond acceptors (Lipinski definition) is 6. The summed E-state index contributed by atoms with van der Waals surface area (Å²) in [5, 5.41) is 3.16. The van der Waals surface area contributed by atoms with Gasteiger partial charge in [0.1, 0.15) is 5.82 Å². The molecule has 1 aromatic heterocycles. The Hall–Kier alpha value is -3.09. The van der Waals surface area contributed by atoms with Crippen molar-refractivity contribution in [3.8, 4) is 11.4 Å². The predicted molar refractivity (Wildman–Crippen MR) is 101 cm³/mol. The molecule has 0 amide bonds. The molecule has 5 N–H and O–H groups in total. The Labute approximate surface area is 145 Å². The summed E-state index contributed by atoms with van der Waals surface area (Å²) in [4.78, 5) is 20.9. The Kier molecular flexibility index (Phi) is 3.76. The molecule has 1 aliphatic heterocycles. The number of aromatic nitrogens is 2. The summed E-state index contributed by atoms with van der Waals surface area (Å²) in [6.07, 6.45) is 1.61. The maximum absolute atomic E-state index is 10.7. The van der Waals surface area contributed by atoms with Gasteiger partial charge in [-0.3, -0.25) is 0 Å². The lowest BCUT2D eigenvalue weighted by Crippen LogP contribution is -2.35. The van der Waals surface area contributed by atoms with E-state index >= 15 is 0 Å². The molecule has 3 aromatic rings. The molecule has 0 saturated carbocycles.